The smallest absolute Gasteiger partial charge is 0.214 e. The average Bonchev–Trinajstić information content (AvgIpc) is 3.28. The van der Waals surface area contributed by atoms with Crippen LogP contribution in [0.2, 0.25) is 0 Å². The third-order valence-corrected chi connectivity index (χ3v) is 3.92. The zero-order chi connectivity index (χ0) is 18.4. The summed E-state index contributed by atoms with van der Waals surface area (Å²) in [5, 5.41) is 10.8. The molecule has 0 aliphatic heterocycles. The van der Waals surface area contributed by atoms with Gasteiger partial charge < -0.3 is 15.1 Å². The molecular formula is C19H25IN6O. The average molecular weight is 480 g/mol. The van der Waals surface area contributed by atoms with Gasteiger partial charge in [0.2, 0.25) is 5.89 Å². The van der Waals surface area contributed by atoms with E-state index in [1.807, 2.05) is 49.8 Å². The quantitative estimate of drug-likeness (QED) is 0.322. The third-order valence-electron chi connectivity index (χ3n) is 3.92. The number of hydrogen-bond acceptors (Lipinski definition) is 4. The van der Waals surface area contributed by atoms with Gasteiger partial charge in [-0.25, -0.2) is 14.7 Å². The van der Waals surface area contributed by atoms with Crippen LogP contribution in [-0.2, 0) is 13.1 Å². The van der Waals surface area contributed by atoms with Gasteiger partial charge in [0.15, 0.2) is 5.96 Å². The van der Waals surface area contributed by atoms with E-state index in [9.17, 15) is 0 Å². The van der Waals surface area contributed by atoms with Gasteiger partial charge in [-0.15, -0.1) is 24.0 Å². The molecule has 7 nitrogen and oxygen atoms in total. The number of oxazole rings is 1. The maximum Gasteiger partial charge on any atom is 0.214 e. The van der Waals surface area contributed by atoms with Crippen molar-refractivity contribution < 1.29 is 4.42 Å². The largest absolute Gasteiger partial charge is 0.444 e. The highest BCUT2D eigenvalue weighted by Gasteiger charge is 2.06. The molecule has 2 aromatic heterocycles. The Kier molecular flexibility index (Phi) is 7.83. The lowest BCUT2D eigenvalue weighted by molar-refractivity contribution is 0.463. The molecule has 27 heavy (non-hydrogen) atoms. The topological polar surface area (TPSA) is 80.3 Å². The highest BCUT2D eigenvalue weighted by Crippen LogP contribution is 2.11. The van der Waals surface area contributed by atoms with Crippen LogP contribution in [0, 0.1) is 13.8 Å². The first-order valence-electron chi connectivity index (χ1n) is 8.69. The Bertz CT molecular complexity index is 853. The minimum atomic E-state index is 0. The third kappa shape index (κ3) is 5.81. The van der Waals surface area contributed by atoms with Gasteiger partial charge in [0.05, 0.1) is 24.5 Å². The van der Waals surface area contributed by atoms with Crippen molar-refractivity contribution >= 4 is 29.9 Å². The van der Waals surface area contributed by atoms with Crippen LogP contribution in [-0.4, -0.2) is 27.3 Å². The van der Waals surface area contributed by atoms with E-state index in [4.69, 9.17) is 4.42 Å². The standard InChI is InChI=1S/C19H24N6O.HI/c1-4-20-19(22-13-18-24-14(2)15(3)26-18)21-12-16-7-5-8-17(11-16)25-10-6-9-23-25;/h5-11H,4,12-13H2,1-3H3,(H2,20,21,22);1H. The van der Waals surface area contributed by atoms with Crippen molar-refractivity contribution in [2.45, 2.75) is 33.9 Å². The van der Waals surface area contributed by atoms with Crippen molar-refractivity contribution in [1.29, 1.82) is 0 Å². The van der Waals surface area contributed by atoms with Crippen LogP contribution in [0.5, 0.6) is 0 Å². The number of benzene rings is 1. The van der Waals surface area contributed by atoms with Crippen LogP contribution in [0.3, 0.4) is 0 Å². The Morgan fingerprint density at radius 2 is 2.07 bits per heavy atom. The molecule has 3 rings (SSSR count). The fraction of sp³-hybridized carbons (Fsp3) is 0.316. The SMILES string of the molecule is CCNC(=NCc1cccc(-n2cccn2)c1)NCc1nc(C)c(C)o1.I. The fourth-order valence-electron chi connectivity index (χ4n) is 2.51. The van der Waals surface area contributed by atoms with Gasteiger partial charge in [-0.05, 0) is 44.5 Å². The van der Waals surface area contributed by atoms with Crippen LogP contribution in [0.4, 0.5) is 0 Å². The molecule has 0 radical (unpaired) electrons. The molecule has 0 atom stereocenters. The van der Waals surface area contributed by atoms with Crippen molar-refractivity contribution in [2.24, 2.45) is 4.99 Å². The van der Waals surface area contributed by atoms with Crippen LogP contribution in [0.1, 0.15) is 29.8 Å². The molecule has 0 unspecified atom stereocenters. The number of hydrogen-bond donors (Lipinski definition) is 2. The van der Waals surface area contributed by atoms with E-state index in [1.54, 1.807) is 6.20 Å². The van der Waals surface area contributed by atoms with Gasteiger partial charge >= 0.3 is 0 Å². The molecule has 1 aromatic carbocycles. The van der Waals surface area contributed by atoms with Crippen LogP contribution >= 0.6 is 24.0 Å². The van der Waals surface area contributed by atoms with Gasteiger partial charge in [-0.1, -0.05) is 12.1 Å². The molecular weight excluding hydrogens is 455 g/mol. The van der Waals surface area contributed by atoms with E-state index >= 15 is 0 Å². The van der Waals surface area contributed by atoms with E-state index < -0.39 is 0 Å². The number of aromatic nitrogens is 3. The lowest BCUT2D eigenvalue weighted by Gasteiger charge is -2.10. The second-order valence-electron chi connectivity index (χ2n) is 5.92. The molecule has 0 bridgehead atoms. The Morgan fingerprint density at radius 3 is 2.74 bits per heavy atom. The number of aliphatic imine (C=N–C) groups is 1. The number of nitrogens with zero attached hydrogens (tertiary/aromatic N) is 4. The van der Waals surface area contributed by atoms with Crippen molar-refractivity contribution in [2.75, 3.05) is 6.54 Å². The Balaban J connectivity index is 0.00000261. The maximum atomic E-state index is 5.60. The zero-order valence-corrected chi connectivity index (χ0v) is 18.1. The molecule has 144 valence electrons. The van der Waals surface area contributed by atoms with Crippen molar-refractivity contribution in [1.82, 2.24) is 25.4 Å². The normalized spacial score (nSPS) is 11.1. The van der Waals surface area contributed by atoms with Crippen LogP contribution in [0.25, 0.3) is 5.69 Å². The zero-order valence-electron chi connectivity index (χ0n) is 15.8. The number of rotatable bonds is 6. The summed E-state index contributed by atoms with van der Waals surface area (Å²) in [6, 6.07) is 10.1. The molecule has 0 saturated heterocycles. The van der Waals surface area contributed by atoms with E-state index in [0.29, 0.717) is 19.0 Å². The predicted octanol–water partition coefficient (Wildman–Crippen LogP) is 3.35. The minimum absolute atomic E-state index is 0. The lowest BCUT2D eigenvalue weighted by atomic mass is 10.2. The van der Waals surface area contributed by atoms with E-state index in [-0.39, 0.29) is 24.0 Å². The number of halogens is 1. The summed E-state index contributed by atoms with van der Waals surface area (Å²) in [5.41, 5.74) is 3.04. The molecule has 0 aliphatic rings. The van der Waals surface area contributed by atoms with E-state index in [2.05, 4.69) is 37.8 Å². The van der Waals surface area contributed by atoms with Gasteiger partial charge in [0, 0.05) is 18.9 Å². The number of guanidine groups is 1. The first-order chi connectivity index (χ1) is 12.7. The molecule has 0 spiro atoms. The summed E-state index contributed by atoms with van der Waals surface area (Å²) in [4.78, 5) is 9.02. The van der Waals surface area contributed by atoms with Gasteiger partial charge in [-0.2, -0.15) is 5.10 Å². The summed E-state index contributed by atoms with van der Waals surface area (Å²) in [7, 11) is 0. The second kappa shape index (κ2) is 10.1. The van der Waals surface area contributed by atoms with E-state index in [1.165, 1.54) is 0 Å². The molecule has 2 heterocycles. The Morgan fingerprint density at radius 1 is 1.22 bits per heavy atom. The summed E-state index contributed by atoms with van der Waals surface area (Å²) >= 11 is 0. The summed E-state index contributed by atoms with van der Waals surface area (Å²) in [6.45, 7) is 7.73. The lowest BCUT2D eigenvalue weighted by Crippen LogP contribution is -2.36. The van der Waals surface area contributed by atoms with Gasteiger partial charge in [0.1, 0.15) is 5.76 Å². The van der Waals surface area contributed by atoms with Gasteiger partial charge in [-0.3, -0.25) is 0 Å². The summed E-state index contributed by atoms with van der Waals surface area (Å²) in [6.07, 6.45) is 3.69. The molecule has 0 aliphatic carbocycles. The summed E-state index contributed by atoms with van der Waals surface area (Å²) < 4.78 is 7.43. The van der Waals surface area contributed by atoms with Gasteiger partial charge in [0.25, 0.3) is 0 Å². The highest BCUT2D eigenvalue weighted by atomic mass is 127. The summed E-state index contributed by atoms with van der Waals surface area (Å²) in [5.74, 6) is 2.23. The molecule has 8 heteroatoms. The molecule has 0 saturated carbocycles. The Hall–Kier alpha value is -2.36. The predicted molar refractivity (Wildman–Crippen MR) is 117 cm³/mol. The van der Waals surface area contributed by atoms with Crippen molar-refractivity contribution in [3.05, 3.63) is 65.6 Å². The molecule has 0 fully saturated rings. The minimum Gasteiger partial charge on any atom is -0.444 e. The molecule has 3 aromatic rings. The monoisotopic (exact) mass is 480 g/mol. The first-order valence-corrected chi connectivity index (χ1v) is 8.69. The Labute approximate surface area is 176 Å². The number of nitrogens with one attached hydrogen (secondary N) is 2. The number of aryl methyl sites for hydroxylation is 2. The maximum absolute atomic E-state index is 5.60. The fourth-order valence-corrected chi connectivity index (χ4v) is 2.51. The van der Waals surface area contributed by atoms with Crippen LogP contribution in [0.15, 0.2) is 52.1 Å². The van der Waals surface area contributed by atoms with E-state index in [0.717, 1.165) is 35.2 Å². The van der Waals surface area contributed by atoms with Crippen molar-refractivity contribution in [3.63, 3.8) is 0 Å². The van der Waals surface area contributed by atoms with Crippen molar-refractivity contribution in [3.8, 4) is 5.69 Å². The van der Waals surface area contributed by atoms with Crippen LogP contribution < -0.4 is 10.6 Å². The highest BCUT2D eigenvalue weighted by molar-refractivity contribution is 14.0. The molecule has 0 amide bonds. The first kappa shape index (κ1) is 20.9. The molecule has 2 N–H and O–H groups in total. The second-order valence-corrected chi connectivity index (χ2v) is 5.92.